The Bertz CT molecular complexity index is 743. The molecule has 1 aromatic heterocycles. The first kappa shape index (κ1) is 18.3. The summed E-state index contributed by atoms with van der Waals surface area (Å²) in [6.07, 6.45) is 3.96. The van der Waals surface area contributed by atoms with Gasteiger partial charge in [-0.1, -0.05) is 18.5 Å². The van der Waals surface area contributed by atoms with E-state index in [0.29, 0.717) is 28.3 Å². The number of benzene rings is 1. The van der Waals surface area contributed by atoms with Crippen molar-refractivity contribution < 1.29 is 14.3 Å². The highest BCUT2D eigenvalue weighted by Crippen LogP contribution is 2.36. The molecule has 2 rings (SSSR count). The van der Waals surface area contributed by atoms with Crippen molar-refractivity contribution in [1.29, 1.82) is 0 Å². The number of hydrogen-bond acceptors (Lipinski definition) is 5. The van der Waals surface area contributed by atoms with E-state index >= 15 is 0 Å². The van der Waals surface area contributed by atoms with Gasteiger partial charge in [0.05, 0.1) is 24.4 Å². The maximum atomic E-state index is 11.9. The number of methoxy groups -OCH3 is 1. The van der Waals surface area contributed by atoms with Crippen LogP contribution in [0.1, 0.15) is 24.6 Å². The van der Waals surface area contributed by atoms with Crippen molar-refractivity contribution in [1.82, 2.24) is 4.98 Å². The Balaban J connectivity index is 2.10. The smallest absolute Gasteiger partial charge is 0.250 e. The number of rotatable bonds is 7. The summed E-state index contributed by atoms with van der Waals surface area (Å²) < 4.78 is 10.9. The minimum absolute atomic E-state index is 0.259. The Morgan fingerprint density at radius 2 is 2.25 bits per heavy atom. The first-order valence-corrected chi connectivity index (χ1v) is 8.70. The lowest BCUT2D eigenvalue weighted by atomic mass is 10.2. The molecule has 2 aromatic rings. The van der Waals surface area contributed by atoms with E-state index in [1.54, 1.807) is 25.3 Å². The summed E-state index contributed by atoms with van der Waals surface area (Å²) in [5.74, 6) is 0.790. The molecule has 5 nitrogen and oxygen atoms in total. The van der Waals surface area contributed by atoms with E-state index in [0.717, 1.165) is 17.7 Å². The fraction of sp³-hybridized carbons (Fsp3) is 0.294. The van der Waals surface area contributed by atoms with Crippen LogP contribution >= 0.6 is 22.9 Å². The van der Waals surface area contributed by atoms with Crippen LogP contribution in [0.15, 0.2) is 23.6 Å². The topological polar surface area (TPSA) is 60.5 Å². The summed E-state index contributed by atoms with van der Waals surface area (Å²) in [6, 6.07) is 3.50. The zero-order valence-electron chi connectivity index (χ0n) is 13.8. The molecular weight excluding hydrogens is 348 g/mol. The van der Waals surface area contributed by atoms with Gasteiger partial charge in [0, 0.05) is 11.5 Å². The highest BCUT2D eigenvalue weighted by atomic mass is 35.5. The van der Waals surface area contributed by atoms with Crippen LogP contribution in [-0.2, 0) is 4.79 Å². The molecule has 24 heavy (non-hydrogen) atoms. The Morgan fingerprint density at radius 1 is 1.46 bits per heavy atom. The molecule has 0 bridgehead atoms. The number of halogens is 1. The predicted octanol–water partition coefficient (Wildman–Crippen LogP) is 4.55. The maximum absolute atomic E-state index is 11.9. The van der Waals surface area contributed by atoms with Crippen LogP contribution in [0.5, 0.6) is 11.5 Å². The molecule has 0 unspecified atom stereocenters. The molecule has 7 heteroatoms. The third-order valence-corrected chi connectivity index (χ3v) is 4.13. The molecule has 0 radical (unpaired) electrons. The number of aromatic nitrogens is 1. The van der Waals surface area contributed by atoms with E-state index in [9.17, 15) is 4.79 Å². The number of hydrogen-bond donors (Lipinski definition) is 1. The second-order valence-corrected chi connectivity index (χ2v) is 6.26. The van der Waals surface area contributed by atoms with Crippen molar-refractivity contribution >= 4 is 40.1 Å². The molecule has 0 saturated carbocycles. The Hall–Kier alpha value is -2.05. The summed E-state index contributed by atoms with van der Waals surface area (Å²) in [7, 11) is 1.55. The summed E-state index contributed by atoms with van der Waals surface area (Å²) in [5.41, 5.74) is 1.62. The summed E-state index contributed by atoms with van der Waals surface area (Å²) >= 11 is 7.63. The van der Waals surface area contributed by atoms with Gasteiger partial charge in [0.2, 0.25) is 5.91 Å². The highest BCUT2D eigenvalue weighted by Gasteiger charge is 2.11. The number of ether oxygens (including phenoxy) is 2. The van der Waals surface area contributed by atoms with Gasteiger partial charge >= 0.3 is 0 Å². The minimum atomic E-state index is -0.259. The second kappa shape index (κ2) is 8.70. The molecule has 128 valence electrons. The standard InChI is InChI=1S/C17H19ClN2O3S/c1-4-7-23-16-13(18)8-12(9-14(16)22-3)5-6-15(21)20-17-19-11(2)10-24-17/h5-6,8-10H,4,7H2,1-3H3,(H,19,20,21)/b6-5+. The molecule has 0 saturated heterocycles. The minimum Gasteiger partial charge on any atom is -0.493 e. The van der Waals surface area contributed by atoms with Gasteiger partial charge in [-0.2, -0.15) is 0 Å². The van der Waals surface area contributed by atoms with Crippen molar-refractivity contribution in [3.8, 4) is 11.5 Å². The van der Waals surface area contributed by atoms with E-state index in [-0.39, 0.29) is 5.91 Å². The average molecular weight is 367 g/mol. The molecule has 0 fully saturated rings. The van der Waals surface area contributed by atoms with Gasteiger partial charge in [0.25, 0.3) is 0 Å². The third-order valence-electron chi connectivity index (χ3n) is 2.98. The van der Waals surface area contributed by atoms with Crippen LogP contribution in [0.2, 0.25) is 5.02 Å². The van der Waals surface area contributed by atoms with E-state index in [1.165, 1.54) is 17.4 Å². The monoisotopic (exact) mass is 366 g/mol. The Labute approximate surface area is 150 Å². The number of nitrogens with one attached hydrogen (secondary N) is 1. The first-order chi connectivity index (χ1) is 11.5. The summed E-state index contributed by atoms with van der Waals surface area (Å²) in [6.45, 7) is 4.44. The van der Waals surface area contributed by atoms with Crippen LogP contribution in [0.4, 0.5) is 5.13 Å². The number of amides is 1. The highest BCUT2D eigenvalue weighted by molar-refractivity contribution is 7.13. The van der Waals surface area contributed by atoms with Gasteiger partial charge in [-0.25, -0.2) is 4.98 Å². The summed E-state index contributed by atoms with van der Waals surface area (Å²) in [5, 5.41) is 5.60. The number of nitrogens with zero attached hydrogens (tertiary/aromatic N) is 1. The van der Waals surface area contributed by atoms with E-state index in [4.69, 9.17) is 21.1 Å². The van der Waals surface area contributed by atoms with Gasteiger partial charge in [0.1, 0.15) is 0 Å². The van der Waals surface area contributed by atoms with Crippen LogP contribution in [-0.4, -0.2) is 24.6 Å². The molecular formula is C17H19ClN2O3S. The summed E-state index contributed by atoms with van der Waals surface area (Å²) in [4.78, 5) is 16.1. The molecule has 1 heterocycles. The molecule has 1 aromatic carbocycles. The van der Waals surface area contributed by atoms with Crippen LogP contribution < -0.4 is 14.8 Å². The average Bonchev–Trinajstić information content (AvgIpc) is 2.96. The van der Waals surface area contributed by atoms with Gasteiger partial charge in [-0.05, 0) is 37.1 Å². The van der Waals surface area contributed by atoms with Crippen LogP contribution in [0.3, 0.4) is 0 Å². The zero-order chi connectivity index (χ0) is 17.5. The lowest BCUT2D eigenvalue weighted by Crippen LogP contribution is -2.07. The number of thiazole rings is 1. The molecule has 0 aliphatic carbocycles. The fourth-order valence-electron chi connectivity index (χ4n) is 1.91. The fourth-order valence-corrected chi connectivity index (χ4v) is 2.88. The third kappa shape index (κ3) is 4.97. The van der Waals surface area contributed by atoms with Crippen molar-refractivity contribution in [3.05, 3.63) is 39.9 Å². The normalized spacial score (nSPS) is 10.8. The molecule has 0 aliphatic rings. The number of aryl methyl sites for hydroxylation is 1. The Morgan fingerprint density at radius 3 is 2.88 bits per heavy atom. The van der Waals surface area contributed by atoms with Gasteiger partial charge in [-0.3, -0.25) is 10.1 Å². The Kier molecular flexibility index (Phi) is 6.63. The zero-order valence-corrected chi connectivity index (χ0v) is 15.3. The number of carbonyl (C=O) groups excluding carboxylic acids is 1. The van der Waals surface area contributed by atoms with Gasteiger partial charge in [-0.15, -0.1) is 11.3 Å². The molecule has 1 amide bonds. The van der Waals surface area contributed by atoms with Gasteiger partial charge < -0.3 is 9.47 Å². The lowest BCUT2D eigenvalue weighted by molar-refractivity contribution is -0.111. The molecule has 0 aliphatic heterocycles. The molecule has 1 N–H and O–H groups in total. The lowest BCUT2D eigenvalue weighted by Gasteiger charge is -2.12. The van der Waals surface area contributed by atoms with Crippen LogP contribution in [0, 0.1) is 6.92 Å². The van der Waals surface area contributed by atoms with E-state index in [1.807, 2.05) is 19.2 Å². The predicted molar refractivity (Wildman–Crippen MR) is 98.3 cm³/mol. The molecule has 0 atom stereocenters. The van der Waals surface area contributed by atoms with Crippen molar-refractivity contribution in [2.45, 2.75) is 20.3 Å². The first-order valence-electron chi connectivity index (χ1n) is 7.45. The largest absolute Gasteiger partial charge is 0.493 e. The van der Waals surface area contributed by atoms with E-state index in [2.05, 4.69) is 10.3 Å². The molecule has 0 spiro atoms. The number of anilines is 1. The van der Waals surface area contributed by atoms with Crippen molar-refractivity contribution in [2.24, 2.45) is 0 Å². The second-order valence-electron chi connectivity index (χ2n) is 5.00. The van der Waals surface area contributed by atoms with Gasteiger partial charge in [0.15, 0.2) is 16.6 Å². The SMILES string of the molecule is CCCOc1c(Cl)cc(/C=C/C(=O)Nc2nc(C)cs2)cc1OC. The van der Waals surface area contributed by atoms with Crippen molar-refractivity contribution in [3.63, 3.8) is 0 Å². The quantitative estimate of drug-likeness (QED) is 0.730. The van der Waals surface area contributed by atoms with E-state index < -0.39 is 0 Å². The van der Waals surface area contributed by atoms with Crippen molar-refractivity contribution in [2.75, 3.05) is 19.0 Å². The van der Waals surface area contributed by atoms with Crippen LogP contribution in [0.25, 0.3) is 6.08 Å². The number of carbonyl (C=O) groups is 1. The maximum Gasteiger partial charge on any atom is 0.250 e.